The van der Waals surface area contributed by atoms with Gasteiger partial charge in [-0.15, -0.1) is 6.42 Å². The van der Waals surface area contributed by atoms with Crippen molar-refractivity contribution in [2.45, 2.75) is 26.4 Å². The fraction of sp³-hybridized carbons (Fsp3) is 0.778. The van der Waals surface area contributed by atoms with Crippen molar-refractivity contribution in [2.75, 3.05) is 18.1 Å². The Kier molecular flexibility index (Phi) is 6.83. The van der Waals surface area contributed by atoms with Gasteiger partial charge in [0.25, 0.3) is 0 Å². The van der Waals surface area contributed by atoms with E-state index in [1.54, 1.807) is 21.6 Å². The molecule has 0 bridgehead atoms. The fourth-order valence-electron chi connectivity index (χ4n) is 0.516. The van der Waals surface area contributed by atoms with E-state index in [-0.39, 0.29) is 5.60 Å². The van der Waals surface area contributed by atoms with Crippen LogP contribution in [0.4, 0.5) is 0 Å². The number of hydrogen-bond donors (Lipinski definition) is 0. The first kappa shape index (κ1) is 12.2. The number of terminal acetylenes is 1. The van der Waals surface area contributed by atoms with Crippen molar-refractivity contribution in [2.24, 2.45) is 0 Å². The highest BCUT2D eigenvalue weighted by molar-refractivity contribution is 8.76. The van der Waals surface area contributed by atoms with Crippen LogP contribution in [0.15, 0.2) is 0 Å². The first-order chi connectivity index (χ1) is 5.56. The van der Waals surface area contributed by atoms with Crippen molar-refractivity contribution >= 4 is 21.6 Å². The topological polar surface area (TPSA) is 9.23 Å². The third-order valence-corrected chi connectivity index (χ3v) is 3.07. The molecule has 0 aliphatic heterocycles. The molecule has 0 saturated heterocycles. The summed E-state index contributed by atoms with van der Waals surface area (Å²) in [6, 6.07) is 0. The van der Waals surface area contributed by atoms with Crippen molar-refractivity contribution in [3.8, 4) is 12.3 Å². The van der Waals surface area contributed by atoms with Crippen LogP contribution in [0.3, 0.4) is 0 Å². The zero-order valence-corrected chi connectivity index (χ0v) is 9.56. The molecule has 0 aliphatic rings. The summed E-state index contributed by atoms with van der Waals surface area (Å²) in [6.45, 7) is 6.98. The highest BCUT2D eigenvalue weighted by atomic mass is 33.1. The quantitative estimate of drug-likeness (QED) is 0.387. The smallest absolute Gasteiger partial charge is 0.0648 e. The Morgan fingerprint density at radius 1 is 1.33 bits per heavy atom. The molecule has 0 amide bonds. The largest absolute Gasteiger partial charge is 0.375 e. The number of ether oxygens (including phenoxy) is 1. The minimum Gasteiger partial charge on any atom is -0.375 e. The second-order valence-corrected chi connectivity index (χ2v) is 5.83. The molecule has 3 heteroatoms. The summed E-state index contributed by atoms with van der Waals surface area (Å²) in [7, 11) is 3.47. The molecule has 0 radical (unpaired) electrons. The average molecular weight is 204 g/mol. The lowest BCUT2D eigenvalue weighted by Gasteiger charge is -2.18. The molecular weight excluding hydrogens is 188 g/mol. The van der Waals surface area contributed by atoms with Gasteiger partial charge < -0.3 is 4.74 Å². The highest BCUT2D eigenvalue weighted by Crippen LogP contribution is 2.20. The van der Waals surface area contributed by atoms with Gasteiger partial charge in [0.05, 0.1) is 18.0 Å². The molecule has 0 aromatic carbocycles. The Morgan fingerprint density at radius 3 is 2.50 bits per heavy atom. The SMILES string of the molecule is C#CCSSCCOC(C)(C)C. The molecule has 0 rings (SSSR count). The van der Waals surface area contributed by atoms with Crippen molar-refractivity contribution in [3.63, 3.8) is 0 Å². The minimum atomic E-state index is -0.0165. The Bertz CT molecular complexity index is 144. The Labute approximate surface area is 83.4 Å². The summed E-state index contributed by atoms with van der Waals surface area (Å²) in [4.78, 5) is 0. The van der Waals surface area contributed by atoms with Crippen LogP contribution in [0.25, 0.3) is 0 Å². The maximum atomic E-state index is 5.52. The van der Waals surface area contributed by atoms with Crippen LogP contribution in [-0.4, -0.2) is 23.7 Å². The van der Waals surface area contributed by atoms with Gasteiger partial charge in [0, 0.05) is 5.75 Å². The van der Waals surface area contributed by atoms with E-state index in [0.717, 1.165) is 18.1 Å². The van der Waals surface area contributed by atoms with Crippen LogP contribution < -0.4 is 0 Å². The molecule has 0 unspecified atom stereocenters. The minimum absolute atomic E-state index is 0.0165. The zero-order chi connectivity index (χ0) is 9.45. The molecule has 0 fully saturated rings. The Hall–Kier alpha value is 0.220. The molecule has 0 aliphatic carbocycles. The van der Waals surface area contributed by atoms with Gasteiger partial charge in [0.15, 0.2) is 0 Å². The second-order valence-electron chi connectivity index (χ2n) is 3.25. The van der Waals surface area contributed by atoms with Crippen LogP contribution in [0.5, 0.6) is 0 Å². The van der Waals surface area contributed by atoms with Gasteiger partial charge in [0.2, 0.25) is 0 Å². The van der Waals surface area contributed by atoms with Crippen molar-refractivity contribution in [3.05, 3.63) is 0 Å². The lowest BCUT2D eigenvalue weighted by molar-refractivity contribution is 0.00703. The Balaban J connectivity index is 3.07. The van der Waals surface area contributed by atoms with Gasteiger partial charge in [0.1, 0.15) is 0 Å². The van der Waals surface area contributed by atoms with E-state index in [2.05, 4.69) is 26.7 Å². The van der Waals surface area contributed by atoms with Gasteiger partial charge in [-0.25, -0.2) is 0 Å². The van der Waals surface area contributed by atoms with Gasteiger partial charge in [-0.2, -0.15) is 0 Å². The number of rotatable bonds is 5. The van der Waals surface area contributed by atoms with E-state index < -0.39 is 0 Å². The summed E-state index contributed by atoms with van der Waals surface area (Å²) in [5.74, 6) is 4.36. The third kappa shape index (κ3) is 10.2. The highest BCUT2D eigenvalue weighted by Gasteiger charge is 2.08. The van der Waals surface area contributed by atoms with E-state index in [1.807, 2.05) is 0 Å². The maximum Gasteiger partial charge on any atom is 0.0648 e. The van der Waals surface area contributed by atoms with Gasteiger partial charge in [-0.05, 0) is 20.8 Å². The molecule has 12 heavy (non-hydrogen) atoms. The molecule has 0 atom stereocenters. The van der Waals surface area contributed by atoms with Crippen LogP contribution in [0, 0.1) is 12.3 Å². The third-order valence-electron chi connectivity index (χ3n) is 0.927. The van der Waals surface area contributed by atoms with Crippen molar-refractivity contribution in [1.82, 2.24) is 0 Å². The zero-order valence-electron chi connectivity index (χ0n) is 7.92. The maximum absolute atomic E-state index is 5.52. The summed E-state index contributed by atoms with van der Waals surface area (Å²) < 4.78 is 5.52. The van der Waals surface area contributed by atoms with E-state index in [0.29, 0.717) is 0 Å². The number of hydrogen-bond acceptors (Lipinski definition) is 3. The normalized spacial score (nSPS) is 11.2. The fourth-order valence-corrected chi connectivity index (χ4v) is 1.95. The average Bonchev–Trinajstić information content (AvgIpc) is 1.94. The second kappa shape index (κ2) is 6.71. The van der Waals surface area contributed by atoms with Gasteiger partial charge in [-0.1, -0.05) is 27.5 Å². The summed E-state index contributed by atoms with van der Waals surface area (Å²) in [5.41, 5.74) is -0.0165. The molecule has 0 spiro atoms. The molecule has 0 heterocycles. The first-order valence-corrected chi connectivity index (χ1v) is 6.37. The molecule has 1 nitrogen and oxygen atoms in total. The van der Waals surface area contributed by atoms with Gasteiger partial charge >= 0.3 is 0 Å². The van der Waals surface area contributed by atoms with E-state index >= 15 is 0 Å². The van der Waals surface area contributed by atoms with E-state index in [9.17, 15) is 0 Å². The lowest BCUT2D eigenvalue weighted by Crippen LogP contribution is -2.20. The molecule has 0 N–H and O–H groups in total. The molecule has 70 valence electrons. The predicted molar refractivity (Wildman–Crippen MR) is 59.5 cm³/mol. The van der Waals surface area contributed by atoms with Crippen LogP contribution in [-0.2, 0) is 4.74 Å². The predicted octanol–water partition coefficient (Wildman–Crippen LogP) is 2.82. The molecule has 0 saturated carbocycles. The van der Waals surface area contributed by atoms with E-state index in [4.69, 9.17) is 11.2 Å². The monoisotopic (exact) mass is 204 g/mol. The molecular formula is C9H16OS2. The lowest BCUT2D eigenvalue weighted by atomic mass is 10.2. The van der Waals surface area contributed by atoms with Crippen molar-refractivity contribution in [1.29, 1.82) is 0 Å². The van der Waals surface area contributed by atoms with Crippen LogP contribution in [0.1, 0.15) is 20.8 Å². The first-order valence-electron chi connectivity index (χ1n) is 3.88. The van der Waals surface area contributed by atoms with Crippen LogP contribution in [0.2, 0.25) is 0 Å². The summed E-state index contributed by atoms with van der Waals surface area (Å²) >= 11 is 0. The van der Waals surface area contributed by atoms with Crippen molar-refractivity contribution < 1.29 is 4.74 Å². The molecule has 0 aromatic heterocycles. The molecule has 0 aromatic rings. The summed E-state index contributed by atoms with van der Waals surface area (Å²) in [5, 5.41) is 0. The van der Waals surface area contributed by atoms with Crippen LogP contribution >= 0.6 is 21.6 Å². The van der Waals surface area contributed by atoms with E-state index in [1.165, 1.54) is 0 Å². The standard InChI is InChI=1S/C9H16OS2/c1-5-7-11-12-8-6-10-9(2,3)4/h1H,6-8H2,2-4H3. The van der Waals surface area contributed by atoms with Gasteiger partial charge in [-0.3, -0.25) is 0 Å². The Morgan fingerprint density at radius 2 is 2.00 bits per heavy atom. The summed E-state index contributed by atoms with van der Waals surface area (Å²) in [6.07, 6.45) is 5.10.